The molecule has 2 aromatic carbocycles. The van der Waals surface area contributed by atoms with E-state index >= 15 is 0 Å². The molecule has 0 unspecified atom stereocenters. The smallest absolute Gasteiger partial charge is 0.344 e. The third kappa shape index (κ3) is 6.55. The number of hydrazone groups is 1. The molecule has 0 aromatic heterocycles. The van der Waals surface area contributed by atoms with Gasteiger partial charge < -0.3 is 29.1 Å². The lowest BCUT2D eigenvalue weighted by Gasteiger charge is -2.13. The van der Waals surface area contributed by atoms with E-state index in [0.717, 1.165) is 11.1 Å². The lowest BCUT2D eigenvalue weighted by atomic mass is 10.2. The summed E-state index contributed by atoms with van der Waals surface area (Å²) in [5.41, 5.74) is 4.76. The topological polar surface area (TPSA) is 87.6 Å². The summed E-state index contributed by atoms with van der Waals surface area (Å²) in [5, 5.41) is 4.24. The van der Waals surface area contributed by atoms with E-state index < -0.39 is 5.97 Å². The highest BCUT2D eigenvalue weighted by Crippen LogP contribution is 2.36. The van der Waals surface area contributed by atoms with Gasteiger partial charge >= 0.3 is 5.97 Å². The van der Waals surface area contributed by atoms with E-state index in [-0.39, 0.29) is 6.61 Å². The predicted molar refractivity (Wildman–Crippen MR) is 117 cm³/mol. The summed E-state index contributed by atoms with van der Waals surface area (Å²) >= 11 is 3.44. The van der Waals surface area contributed by atoms with Gasteiger partial charge in [0.2, 0.25) is 0 Å². The van der Waals surface area contributed by atoms with Crippen molar-refractivity contribution in [1.82, 2.24) is 5.43 Å². The fourth-order valence-electron chi connectivity index (χ4n) is 2.54. The average Bonchev–Trinajstić information content (AvgIpc) is 2.75. The van der Waals surface area contributed by atoms with Crippen molar-refractivity contribution in [2.45, 2.75) is 13.5 Å². The highest BCUT2D eigenvalue weighted by atomic mass is 79.9. The number of carbonyl (C=O) groups is 1. The highest BCUT2D eigenvalue weighted by molar-refractivity contribution is 9.10. The SMILES string of the molecule is CCOC(=O)COc1c(Br)cc(/C=N/NCc2ccc(OC)c(OC)c2)cc1OC. The van der Waals surface area contributed by atoms with Gasteiger partial charge in [-0.05, 0) is 58.2 Å². The molecule has 9 heteroatoms. The van der Waals surface area contributed by atoms with Crippen molar-refractivity contribution in [3.8, 4) is 23.0 Å². The molecule has 0 saturated carbocycles. The molecule has 8 nitrogen and oxygen atoms in total. The molecule has 0 fully saturated rings. The molecule has 0 saturated heterocycles. The number of hydrogen-bond donors (Lipinski definition) is 1. The molecule has 2 aromatic rings. The Hall–Kier alpha value is -2.94. The largest absolute Gasteiger partial charge is 0.493 e. The first kappa shape index (κ1) is 23.3. The first-order chi connectivity index (χ1) is 14.5. The van der Waals surface area contributed by atoms with Gasteiger partial charge in [0.1, 0.15) is 0 Å². The molecule has 0 atom stereocenters. The zero-order valence-corrected chi connectivity index (χ0v) is 18.9. The Morgan fingerprint density at radius 2 is 1.80 bits per heavy atom. The predicted octanol–water partition coefficient (Wildman–Crippen LogP) is 3.54. The number of carbonyl (C=O) groups excluding carboxylic acids is 1. The number of nitrogens with zero attached hydrogens (tertiary/aromatic N) is 1. The molecule has 0 aliphatic carbocycles. The molecule has 0 aliphatic heterocycles. The third-order valence-corrected chi connectivity index (χ3v) is 4.52. The molecular formula is C21H25BrN2O6. The fraction of sp³-hybridized carbons (Fsp3) is 0.333. The molecule has 30 heavy (non-hydrogen) atoms. The van der Waals surface area contributed by atoms with Crippen molar-refractivity contribution >= 4 is 28.1 Å². The van der Waals surface area contributed by atoms with Gasteiger partial charge in [-0.1, -0.05) is 6.07 Å². The maximum absolute atomic E-state index is 11.5. The van der Waals surface area contributed by atoms with Crippen LogP contribution in [0.3, 0.4) is 0 Å². The first-order valence-corrected chi connectivity index (χ1v) is 9.94. The third-order valence-electron chi connectivity index (χ3n) is 3.93. The fourth-order valence-corrected chi connectivity index (χ4v) is 3.11. The van der Waals surface area contributed by atoms with Gasteiger partial charge in [-0.3, -0.25) is 0 Å². The van der Waals surface area contributed by atoms with E-state index in [1.165, 1.54) is 7.11 Å². The van der Waals surface area contributed by atoms with Crippen molar-refractivity contribution in [3.05, 3.63) is 45.9 Å². The van der Waals surface area contributed by atoms with Gasteiger partial charge in [-0.15, -0.1) is 0 Å². The molecule has 0 aliphatic rings. The van der Waals surface area contributed by atoms with Crippen LogP contribution in [0.1, 0.15) is 18.1 Å². The molecule has 0 spiro atoms. The van der Waals surface area contributed by atoms with Gasteiger partial charge in [0.25, 0.3) is 0 Å². The number of ether oxygens (including phenoxy) is 5. The maximum Gasteiger partial charge on any atom is 0.344 e. The monoisotopic (exact) mass is 480 g/mol. The van der Waals surface area contributed by atoms with Crippen LogP contribution in [0.5, 0.6) is 23.0 Å². The van der Waals surface area contributed by atoms with Gasteiger partial charge in [-0.25, -0.2) is 4.79 Å². The quantitative estimate of drug-likeness (QED) is 0.299. The van der Waals surface area contributed by atoms with Crippen LogP contribution >= 0.6 is 15.9 Å². The Kier molecular flexibility index (Phi) is 9.27. The van der Waals surface area contributed by atoms with Gasteiger partial charge in [-0.2, -0.15) is 5.10 Å². The summed E-state index contributed by atoms with van der Waals surface area (Å²) in [6, 6.07) is 9.23. The number of methoxy groups -OCH3 is 3. The highest BCUT2D eigenvalue weighted by Gasteiger charge is 2.13. The van der Waals surface area contributed by atoms with Crippen LogP contribution in [0.25, 0.3) is 0 Å². The van der Waals surface area contributed by atoms with Gasteiger partial charge in [0.05, 0.1) is 45.2 Å². The Morgan fingerprint density at radius 1 is 1.07 bits per heavy atom. The van der Waals surface area contributed by atoms with Crippen LogP contribution in [0.2, 0.25) is 0 Å². The second kappa shape index (κ2) is 11.9. The lowest BCUT2D eigenvalue weighted by Crippen LogP contribution is -2.15. The second-order valence-electron chi connectivity index (χ2n) is 5.91. The van der Waals surface area contributed by atoms with Crippen molar-refractivity contribution in [1.29, 1.82) is 0 Å². The lowest BCUT2D eigenvalue weighted by molar-refractivity contribution is -0.145. The summed E-state index contributed by atoms with van der Waals surface area (Å²) in [6.45, 7) is 2.34. The van der Waals surface area contributed by atoms with E-state index in [9.17, 15) is 4.79 Å². The normalized spacial score (nSPS) is 10.6. The van der Waals surface area contributed by atoms with Crippen LogP contribution in [-0.2, 0) is 16.1 Å². The van der Waals surface area contributed by atoms with Gasteiger partial charge in [0.15, 0.2) is 29.6 Å². The van der Waals surface area contributed by atoms with Gasteiger partial charge in [0, 0.05) is 0 Å². The Bertz CT molecular complexity index is 888. The number of halogens is 1. The minimum atomic E-state index is -0.448. The van der Waals surface area contributed by atoms with Crippen molar-refractivity contribution in [2.75, 3.05) is 34.5 Å². The first-order valence-electron chi connectivity index (χ1n) is 9.15. The number of esters is 1. The minimum Gasteiger partial charge on any atom is -0.493 e. The summed E-state index contributed by atoms with van der Waals surface area (Å²) in [5.74, 6) is 1.77. The Morgan fingerprint density at radius 3 is 2.47 bits per heavy atom. The Balaban J connectivity index is 2.01. The molecular weight excluding hydrogens is 456 g/mol. The minimum absolute atomic E-state index is 0.205. The van der Waals surface area contributed by atoms with E-state index in [1.54, 1.807) is 33.4 Å². The maximum atomic E-state index is 11.5. The van der Waals surface area contributed by atoms with Crippen molar-refractivity contribution in [2.24, 2.45) is 5.10 Å². The molecule has 0 bridgehead atoms. The van der Waals surface area contributed by atoms with Crippen LogP contribution in [0, 0.1) is 0 Å². The van der Waals surface area contributed by atoms with E-state index in [2.05, 4.69) is 26.5 Å². The molecule has 162 valence electrons. The number of benzene rings is 2. The molecule has 0 radical (unpaired) electrons. The molecule has 2 rings (SSSR count). The molecule has 0 amide bonds. The summed E-state index contributed by atoms with van der Waals surface area (Å²) in [6.07, 6.45) is 1.66. The van der Waals surface area contributed by atoms with Crippen LogP contribution in [0.4, 0.5) is 0 Å². The summed E-state index contributed by atoms with van der Waals surface area (Å²) < 4.78 is 26.9. The van der Waals surface area contributed by atoms with Crippen LogP contribution in [-0.4, -0.2) is 46.7 Å². The second-order valence-corrected chi connectivity index (χ2v) is 6.76. The Labute approximate surface area is 184 Å². The van der Waals surface area contributed by atoms with E-state index in [0.29, 0.717) is 40.6 Å². The van der Waals surface area contributed by atoms with Crippen LogP contribution in [0.15, 0.2) is 39.9 Å². The van der Waals surface area contributed by atoms with E-state index in [4.69, 9.17) is 23.7 Å². The zero-order valence-electron chi connectivity index (χ0n) is 17.4. The van der Waals surface area contributed by atoms with Crippen LogP contribution < -0.4 is 24.4 Å². The average molecular weight is 481 g/mol. The van der Waals surface area contributed by atoms with E-state index in [1.807, 2.05) is 24.3 Å². The number of nitrogens with one attached hydrogen (secondary N) is 1. The summed E-state index contributed by atoms with van der Waals surface area (Å²) in [7, 11) is 4.72. The number of rotatable bonds is 11. The standard InChI is InChI=1S/C21H25BrN2O6/c1-5-29-20(25)13-30-21-16(22)8-15(10-19(21)28-4)12-24-23-11-14-6-7-17(26-2)18(9-14)27-3/h6-10,12,23H,5,11,13H2,1-4H3/b24-12+. The number of hydrogen-bond acceptors (Lipinski definition) is 8. The molecule has 1 N–H and O–H groups in total. The zero-order chi connectivity index (χ0) is 21.9. The van der Waals surface area contributed by atoms with Crippen molar-refractivity contribution < 1.29 is 28.5 Å². The molecule has 0 heterocycles. The summed E-state index contributed by atoms with van der Waals surface area (Å²) in [4.78, 5) is 11.5. The van der Waals surface area contributed by atoms with Crippen molar-refractivity contribution in [3.63, 3.8) is 0 Å².